The van der Waals surface area contributed by atoms with Crippen molar-refractivity contribution in [3.8, 4) is 0 Å². The third-order valence-corrected chi connectivity index (χ3v) is 5.37. The summed E-state index contributed by atoms with van der Waals surface area (Å²) in [6.45, 7) is 3.45. The number of allylic oxidation sites excluding steroid dienone is 6. The van der Waals surface area contributed by atoms with E-state index in [2.05, 4.69) is 67.2 Å². The van der Waals surface area contributed by atoms with Crippen LogP contribution in [0.25, 0.3) is 11.3 Å². The monoisotopic (exact) mass is 307 g/mol. The maximum atomic E-state index is 4.92. The fourth-order valence-electron chi connectivity index (χ4n) is 3.98. The average Bonchev–Trinajstić information content (AvgIpc) is 2.89. The van der Waals surface area contributed by atoms with E-state index in [0.29, 0.717) is 11.8 Å². The van der Waals surface area contributed by atoms with Crippen LogP contribution in [0.15, 0.2) is 41.2 Å². The quantitative estimate of drug-likeness (QED) is 0.831. The lowest BCUT2D eigenvalue weighted by molar-refractivity contribution is 0.342. The third kappa shape index (κ3) is 2.43. The molecule has 2 unspecified atom stereocenters. The zero-order valence-corrected chi connectivity index (χ0v) is 14.3. The molecule has 1 aromatic rings. The van der Waals surface area contributed by atoms with Crippen LogP contribution in [0.4, 0.5) is 0 Å². The maximum Gasteiger partial charge on any atom is 0.0677 e. The van der Waals surface area contributed by atoms with Crippen LogP contribution < -0.4 is 0 Å². The van der Waals surface area contributed by atoms with E-state index in [1.54, 1.807) is 0 Å². The summed E-state index contributed by atoms with van der Waals surface area (Å²) in [5.41, 5.74) is 6.61. The van der Waals surface area contributed by atoms with E-state index in [9.17, 15) is 0 Å². The summed E-state index contributed by atoms with van der Waals surface area (Å²) in [4.78, 5) is 7.18. The van der Waals surface area contributed by atoms with Gasteiger partial charge in [-0.1, -0.05) is 19.1 Å². The minimum atomic E-state index is 0.463. The highest BCUT2D eigenvalue weighted by atomic mass is 15.1. The third-order valence-electron chi connectivity index (χ3n) is 5.37. The van der Waals surface area contributed by atoms with Gasteiger partial charge < -0.3 is 9.47 Å². The zero-order valence-electron chi connectivity index (χ0n) is 14.3. The molecule has 0 saturated carbocycles. The van der Waals surface area contributed by atoms with Gasteiger partial charge in [0, 0.05) is 23.9 Å². The highest BCUT2D eigenvalue weighted by Crippen LogP contribution is 2.39. The van der Waals surface area contributed by atoms with Gasteiger partial charge >= 0.3 is 0 Å². The van der Waals surface area contributed by atoms with Crippen molar-refractivity contribution in [3.05, 3.63) is 47.4 Å². The molecular formula is C20H25N3. The molecule has 0 bridgehead atoms. The molecule has 2 aliphatic carbocycles. The van der Waals surface area contributed by atoms with Gasteiger partial charge in [0.05, 0.1) is 17.1 Å². The highest BCUT2D eigenvalue weighted by molar-refractivity contribution is 6.12. The smallest absolute Gasteiger partial charge is 0.0677 e. The molecule has 0 aromatic carbocycles. The Bertz CT molecular complexity index is 743. The van der Waals surface area contributed by atoms with Crippen molar-refractivity contribution < 1.29 is 0 Å². The predicted molar refractivity (Wildman–Crippen MR) is 97.4 cm³/mol. The molecule has 4 rings (SSSR count). The number of fused-ring (bicyclic) bond motifs is 1. The lowest BCUT2D eigenvalue weighted by Gasteiger charge is -2.28. The van der Waals surface area contributed by atoms with Gasteiger partial charge in [-0.3, -0.25) is 4.99 Å². The van der Waals surface area contributed by atoms with Crippen molar-refractivity contribution in [2.75, 3.05) is 20.6 Å². The lowest BCUT2D eigenvalue weighted by atomic mass is 9.83. The maximum absolute atomic E-state index is 4.92. The molecule has 0 saturated heterocycles. The second-order valence-electron chi connectivity index (χ2n) is 7.19. The largest absolute Gasteiger partial charge is 0.314 e. The summed E-state index contributed by atoms with van der Waals surface area (Å²) in [6.07, 6.45) is 14.8. The van der Waals surface area contributed by atoms with E-state index in [4.69, 9.17) is 4.99 Å². The Labute approximate surface area is 138 Å². The van der Waals surface area contributed by atoms with E-state index >= 15 is 0 Å². The van der Waals surface area contributed by atoms with E-state index in [0.717, 1.165) is 19.4 Å². The lowest BCUT2D eigenvalue weighted by Crippen LogP contribution is -2.22. The molecule has 3 heteroatoms. The Kier molecular flexibility index (Phi) is 3.61. The molecule has 2 heterocycles. The molecule has 3 aliphatic rings. The molecule has 3 nitrogen and oxygen atoms in total. The molecule has 0 radical (unpaired) electrons. The predicted octanol–water partition coefficient (Wildman–Crippen LogP) is 3.84. The van der Waals surface area contributed by atoms with Crippen LogP contribution in [0.1, 0.15) is 31.0 Å². The number of hydrogen-bond acceptors (Lipinski definition) is 2. The number of aryl methyl sites for hydroxylation is 1. The molecule has 120 valence electrons. The normalized spacial score (nSPS) is 25.3. The Hall–Kier alpha value is -1.87. The number of nitrogens with zero attached hydrogens (tertiary/aromatic N) is 3. The second kappa shape index (κ2) is 5.64. The first-order chi connectivity index (χ1) is 11.1. The van der Waals surface area contributed by atoms with Gasteiger partial charge in [0.25, 0.3) is 0 Å². The Morgan fingerprint density at radius 2 is 2.22 bits per heavy atom. The van der Waals surface area contributed by atoms with Crippen LogP contribution in [-0.4, -0.2) is 36.3 Å². The van der Waals surface area contributed by atoms with E-state index in [-0.39, 0.29) is 0 Å². The molecule has 1 aliphatic heterocycles. The van der Waals surface area contributed by atoms with Crippen LogP contribution in [0.5, 0.6) is 0 Å². The standard InChI is InChI=1S/C20H25N3/c1-14-15(9-11-22(2)3)7-8-18-19(14)21-13-17-6-4-5-16-10-12-23(18)20(16)17/h6-8,10,12-15H,4-5,9,11H2,1-3H3. The molecule has 0 fully saturated rings. The minimum absolute atomic E-state index is 0.463. The molecule has 1 aromatic heterocycles. The van der Waals surface area contributed by atoms with Gasteiger partial charge in [0.2, 0.25) is 0 Å². The summed E-state index contributed by atoms with van der Waals surface area (Å²) in [5.74, 6) is 1.03. The van der Waals surface area contributed by atoms with Crippen LogP contribution in [0, 0.1) is 11.8 Å². The fourth-order valence-corrected chi connectivity index (χ4v) is 3.98. The Balaban J connectivity index is 1.73. The topological polar surface area (TPSA) is 20.5 Å². The first kappa shape index (κ1) is 14.7. The van der Waals surface area contributed by atoms with Crippen LogP contribution in [-0.2, 0) is 6.42 Å². The number of aromatic nitrogens is 1. The van der Waals surface area contributed by atoms with E-state index in [1.807, 2.05) is 0 Å². The number of aliphatic imine (C=N–C) groups is 1. The zero-order chi connectivity index (χ0) is 16.0. The number of rotatable bonds is 3. The first-order valence-electron chi connectivity index (χ1n) is 8.67. The van der Waals surface area contributed by atoms with Crippen LogP contribution in [0.2, 0.25) is 0 Å². The van der Waals surface area contributed by atoms with E-state index in [1.165, 1.54) is 34.6 Å². The van der Waals surface area contributed by atoms with Crippen molar-refractivity contribution >= 4 is 17.5 Å². The minimum Gasteiger partial charge on any atom is -0.314 e. The van der Waals surface area contributed by atoms with Crippen LogP contribution >= 0.6 is 0 Å². The van der Waals surface area contributed by atoms with Gasteiger partial charge in [-0.15, -0.1) is 0 Å². The molecule has 2 atom stereocenters. The average molecular weight is 307 g/mol. The molecule has 0 spiro atoms. The molecule has 0 amide bonds. The van der Waals surface area contributed by atoms with Crippen molar-refractivity contribution in [1.82, 2.24) is 9.47 Å². The summed E-state index contributed by atoms with van der Waals surface area (Å²) in [6, 6.07) is 2.28. The van der Waals surface area contributed by atoms with Gasteiger partial charge in [0.1, 0.15) is 0 Å². The molecular weight excluding hydrogens is 282 g/mol. The molecule has 0 N–H and O–H groups in total. The van der Waals surface area contributed by atoms with Gasteiger partial charge in [-0.05, 0) is 63.5 Å². The summed E-state index contributed by atoms with van der Waals surface area (Å²) >= 11 is 0. The van der Waals surface area contributed by atoms with Crippen molar-refractivity contribution in [1.29, 1.82) is 0 Å². The Morgan fingerprint density at radius 1 is 1.35 bits per heavy atom. The van der Waals surface area contributed by atoms with Gasteiger partial charge in [0.15, 0.2) is 0 Å². The summed E-state index contributed by atoms with van der Waals surface area (Å²) in [5, 5.41) is 0. The highest BCUT2D eigenvalue weighted by Gasteiger charge is 2.29. The van der Waals surface area contributed by atoms with Crippen molar-refractivity contribution in [3.63, 3.8) is 0 Å². The molecule has 23 heavy (non-hydrogen) atoms. The first-order valence-corrected chi connectivity index (χ1v) is 8.67. The van der Waals surface area contributed by atoms with Crippen molar-refractivity contribution in [2.24, 2.45) is 16.8 Å². The second-order valence-corrected chi connectivity index (χ2v) is 7.19. The van der Waals surface area contributed by atoms with E-state index < -0.39 is 0 Å². The van der Waals surface area contributed by atoms with Gasteiger partial charge in [-0.2, -0.15) is 0 Å². The van der Waals surface area contributed by atoms with Crippen LogP contribution in [0.3, 0.4) is 0 Å². The summed E-state index contributed by atoms with van der Waals surface area (Å²) in [7, 11) is 4.29. The fraction of sp³-hybridized carbons (Fsp3) is 0.450. The summed E-state index contributed by atoms with van der Waals surface area (Å²) < 4.78 is 2.36. The SMILES string of the molecule is CC1C2=C(C=CC1CCN(C)C)n1ccc3c1C(=CCC3)C=N2. The van der Waals surface area contributed by atoms with Crippen molar-refractivity contribution in [2.45, 2.75) is 26.2 Å². The Morgan fingerprint density at radius 3 is 3.04 bits per heavy atom. The number of hydrogen-bond donors (Lipinski definition) is 0. The van der Waals surface area contributed by atoms with Gasteiger partial charge in [-0.25, -0.2) is 0 Å².